The normalized spacial score (nSPS) is 14.1. The van der Waals surface area contributed by atoms with Gasteiger partial charge in [0.25, 0.3) is 11.6 Å². The molecule has 0 saturated carbocycles. The fraction of sp³-hybridized carbons (Fsp3) is 0.412. The minimum Gasteiger partial charge on any atom is -0.467 e. The number of hydrogen-bond acceptors (Lipinski definition) is 11. The number of nitrogens with one attached hydrogen (secondary N) is 1. The number of nitro benzene ring substituents is 1. The lowest BCUT2D eigenvalue weighted by atomic mass is 10.2. The third kappa shape index (κ3) is 5.04. The number of morpholine rings is 1. The van der Waals surface area contributed by atoms with Crippen LogP contribution in [0.1, 0.15) is 5.56 Å². The predicted octanol–water partition coefficient (Wildman–Crippen LogP) is 1.14. The van der Waals surface area contributed by atoms with Crippen molar-refractivity contribution in [3.63, 3.8) is 0 Å². The van der Waals surface area contributed by atoms with Gasteiger partial charge in [-0.2, -0.15) is 20.1 Å². The molecular formula is C17H22N8O4. The summed E-state index contributed by atoms with van der Waals surface area (Å²) in [4.78, 5) is 27.2. The standard InChI is InChI=1S/C17H22N8O4/c1-23(2)13-5-4-12(10-14(13)25(26)27)11-18-22-15-19-16(21-17(20-15)28-3)24-6-8-29-9-7-24/h4-5,10-11H,6-9H2,1-3H3,(H,19,20,21,22)/b18-11-. The molecule has 0 amide bonds. The van der Waals surface area contributed by atoms with Crippen molar-refractivity contribution in [1.82, 2.24) is 15.0 Å². The zero-order valence-corrected chi connectivity index (χ0v) is 16.4. The lowest BCUT2D eigenvalue weighted by Crippen LogP contribution is -2.37. The van der Waals surface area contributed by atoms with Crippen molar-refractivity contribution >= 4 is 29.5 Å². The van der Waals surface area contributed by atoms with E-state index in [9.17, 15) is 10.1 Å². The highest BCUT2D eigenvalue weighted by Gasteiger charge is 2.17. The lowest BCUT2D eigenvalue weighted by Gasteiger charge is -2.26. The second kappa shape index (κ2) is 9.10. The highest BCUT2D eigenvalue weighted by molar-refractivity contribution is 5.83. The van der Waals surface area contributed by atoms with E-state index in [0.717, 1.165) is 0 Å². The molecule has 0 bridgehead atoms. The van der Waals surface area contributed by atoms with E-state index in [2.05, 4.69) is 25.5 Å². The Morgan fingerprint density at radius 2 is 2.07 bits per heavy atom. The summed E-state index contributed by atoms with van der Waals surface area (Å²) >= 11 is 0. The van der Waals surface area contributed by atoms with Gasteiger partial charge in [-0.3, -0.25) is 10.1 Å². The molecule has 0 spiro atoms. The van der Waals surface area contributed by atoms with E-state index >= 15 is 0 Å². The lowest BCUT2D eigenvalue weighted by molar-refractivity contribution is -0.384. The van der Waals surface area contributed by atoms with Gasteiger partial charge < -0.3 is 19.3 Å². The maximum atomic E-state index is 11.3. The fourth-order valence-electron chi connectivity index (χ4n) is 2.70. The van der Waals surface area contributed by atoms with Crippen LogP contribution in [0.15, 0.2) is 23.3 Å². The minimum atomic E-state index is -0.425. The third-order valence-corrected chi connectivity index (χ3v) is 4.14. The summed E-state index contributed by atoms with van der Waals surface area (Å²) in [7, 11) is 4.96. The number of ether oxygens (including phenoxy) is 2. The first-order valence-electron chi connectivity index (χ1n) is 8.85. The van der Waals surface area contributed by atoms with Gasteiger partial charge in [0.15, 0.2) is 0 Å². The minimum absolute atomic E-state index is 0.00427. The maximum Gasteiger partial charge on any atom is 0.322 e. The molecule has 1 N–H and O–H groups in total. The summed E-state index contributed by atoms with van der Waals surface area (Å²) in [6.07, 6.45) is 1.46. The molecule has 154 valence electrons. The molecular weight excluding hydrogens is 380 g/mol. The molecule has 1 aliphatic rings. The van der Waals surface area contributed by atoms with Crippen molar-refractivity contribution in [1.29, 1.82) is 0 Å². The van der Waals surface area contributed by atoms with Gasteiger partial charge in [-0.25, -0.2) is 5.43 Å². The second-order valence-corrected chi connectivity index (χ2v) is 6.31. The van der Waals surface area contributed by atoms with E-state index < -0.39 is 4.92 Å². The number of benzene rings is 1. The number of anilines is 3. The van der Waals surface area contributed by atoms with Gasteiger partial charge in [-0.15, -0.1) is 0 Å². The molecule has 1 fully saturated rings. The third-order valence-electron chi connectivity index (χ3n) is 4.14. The Morgan fingerprint density at radius 3 is 2.72 bits per heavy atom. The van der Waals surface area contributed by atoms with Gasteiger partial charge in [-0.05, 0) is 6.07 Å². The molecule has 12 heteroatoms. The van der Waals surface area contributed by atoms with Crippen LogP contribution in [-0.2, 0) is 4.74 Å². The number of aromatic nitrogens is 3. The molecule has 1 aromatic carbocycles. The number of rotatable bonds is 7. The number of hydrazone groups is 1. The van der Waals surface area contributed by atoms with Crippen molar-refractivity contribution in [2.75, 3.05) is 62.7 Å². The zero-order valence-electron chi connectivity index (χ0n) is 16.4. The summed E-state index contributed by atoms with van der Waals surface area (Å²) in [5, 5.41) is 15.4. The highest BCUT2D eigenvalue weighted by Crippen LogP contribution is 2.27. The molecule has 0 atom stereocenters. The summed E-state index contributed by atoms with van der Waals surface area (Å²) in [6, 6.07) is 5.02. The Balaban J connectivity index is 1.77. The molecule has 3 rings (SSSR count). The highest BCUT2D eigenvalue weighted by atomic mass is 16.6. The smallest absolute Gasteiger partial charge is 0.322 e. The van der Waals surface area contributed by atoms with E-state index in [-0.39, 0.29) is 17.6 Å². The predicted molar refractivity (Wildman–Crippen MR) is 108 cm³/mol. The first-order valence-corrected chi connectivity index (χ1v) is 8.85. The van der Waals surface area contributed by atoms with Crippen LogP contribution in [0.5, 0.6) is 6.01 Å². The van der Waals surface area contributed by atoms with Gasteiger partial charge >= 0.3 is 6.01 Å². The molecule has 0 radical (unpaired) electrons. The number of nitro groups is 1. The van der Waals surface area contributed by atoms with Crippen molar-refractivity contribution in [3.8, 4) is 6.01 Å². The zero-order chi connectivity index (χ0) is 20.8. The molecule has 2 heterocycles. The van der Waals surface area contributed by atoms with Crippen molar-refractivity contribution in [2.45, 2.75) is 0 Å². The molecule has 29 heavy (non-hydrogen) atoms. The molecule has 0 unspecified atom stereocenters. The van der Waals surface area contributed by atoms with E-state index in [1.807, 2.05) is 4.90 Å². The Labute approximate surface area is 167 Å². The first-order chi connectivity index (χ1) is 14.0. The van der Waals surface area contributed by atoms with Crippen LogP contribution in [0.4, 0.5) is 23.3 Å². The SMILES string of the molecule is COc1nc(N/N=C\c2ccc(N(C)C)c([N+](=O)[O-])c2)nc(N2CCOCC2)n1. The van der Waals surface area contributed by atoms with Crippen molar-refractivity contribution < 1.29 is 14.4 Å². The fourth-order valence-corrected chi connectivity index (χ4v) is 2.70. The van der Waals surface area contributed by atoms with E-state index in [1.54, 1.807) is 31.1 Å². The average molecular weight is 402 g/mol. The van der Waals surface area contributed by atoms with Crippen LogP contribution in [0.25, 0.3) is 0 Å². The summed E-state index contributed by atoms with van der Waals surface area (Å²) in [5.41, 5.74) is 3.79. The molecule has 0 aliphatic carbocycles. The van der Waals surface area contributed by atoms with E-state index in [4.69, 9.17) is 9.47 Å². The maximum absolute atomic E-state index is 11.3. The van der Waals surface area contributed by atoms with Crippen LogP contribution >= 0.6 is 0 Å². The van der Waals surface area contributed by atoms with Crippen LogP contribution in [0, 0.1) is 10.1 Å². The number of nitrogens with zero attached hydrogens (tertiary/aromatic N) is 7. The van der Waals surface area contributed by atoms with Crippen molar-refractivity contribution in [2.24, 2.45) is 5.10 Å². The monoisotopic (exact) mass is 402 g/mol. The van der Waals surface area contributed by atoms with Gasteiger partial charge in [0.1, 0.15) is 5.69 Å². The number of methoxy groups -OCH3 is 1. The van der Waals surface area contributed by atoms with E-state index in [0.29, 0.717) is 43.5 Å². The van der Waals surface area contributed by atoms with Crippen LogP contribution in [-0.4, -0.2) is 73.6 Å². The van der Waals surface area contributed by atoms with Gasteiger partial charge in [0.05, 0.1) is 31.5 Å². The van der Waals surface area contributed by atoms with E-state index in [1.165, 1.54) is 19.4 Å². The van der Waals surface area contributed by atoms with Gasteiger partial charge in [-0.1, -0.05) is 6.07 Å². The molecule has 1 saturated heterocycles. The van der Waals surface area contributed by atoms with Crippen molar-refractivity contribution in [3.05, 3.63) is 33.9 Å². The van der Waals surface area contributed by atoms with Crippen LogP contribution < -0.4 is 20.0 Å². The Hall–Kier alpha value is -3.54. The van der Waals surface area contributed by atoms with Crippen LogP contribution in [0.3, 0.4) is 0 Å². The summed E-state index contributed by atoms with van der Waals surface area (Å²) in [6.45, 7) is 2.52. The Morgan fingerprint density at radius 1 is 1.31 bits per heavy atom. The molecule has 1 aliphatic heterocycles. The average Bonchev–Trinajstić information content (AvgIpc) is 2.73. The topological polar surface area (TPSA) is 131 Å². The second-order valence-electron chi connectivity index (χ2n) is 6.31. The van der Waals surface area contributed by atoms with Gasteiger partial charge in [0, 0.05) is 38.8 Å². The Kier molecular flexibility index (Phi) is 6.34. The summed E-state index contributed by atoms with van der Waals surface area (Å²) < 4.78 is 10.5. The quantitative estimate of drug-likeness (QED) is 0.408. The van der Waals surface area contributed by atoms with Gasteiger partial charge in [0.2, 0.25) is 5.95 Å². The van der Waals surface area contributed by atoms with Crippen LogP contribution in [0.2, 0.25) is 0 Å². The number of hydrogen-bond donors (Lipinski definition) is 1. The Bertz CT molecular complexity index is 899. The summed E-state index contributed by atoms with van der Waals surface area (Å²) in [5.74, 6) is 0.665. The largest absolute Gasteiger partial charge is 0.467 e. The first kappa shape index (κ1) is 20.2. The molecule has 12 nitrogen and oxygen atoms in total. The molecule has 2 aromatic rings. The molecule has 1 aromatic heterocycles.